The van der Waals surface area contributed by atoms with Gasteiger partial charge in [-0.25, -0.2) is 0 Å². The summed E-state index contributed by atoms with van der Waals surface area (Å²) < 4.78 is 126. The highest BCUT2D eigenvalue weighted by molar-refractivity contribution is 7.88. The number of benzene rings is 2. The maximum atomic E-state index is 12.6. The number of rotatable bonds is 8. The summed E-state index contributed by atoms with van der Waals surface area (Å²) in [5.74, 6) is -3.19. The number of carbonyl (C=O) groups is 2. The fraction of sp³-hybridized carbons (Fsp3) is 0.263. The Balaban J connectivity index is 2.04. The van der Waals surface area contributed by atoms with Gasteiger partial charge < -0.3 is 19.0 Å². The SMILES string of the molecule is CC(C)(C(=O)Nc1ccc(OS(=O)(=O)C(F)(F)F)cc1)C(=O)Nc1ccc(OS(=O)(=O)C(F)(F)F)cc1. The first-order valence-corrected chi connectivity index (χ1v) is 12.3. The van der Waals surface area contributed by atoms with Gasteiger partial charge in [0, 0.05) is 11.4 Å². The molecule has 0 aromatic heterocycles. The first-order chi connectivity index (χ1) is 16.7. The number of hydrogen-bond acceptors (Lipinski definition) is 8. The van der Waals surface area contributed by atoms with E-state index in [9.17, 15) is 52.8 Å². The van der Waals surface area contributed by atoms with Crippen LogP contribution in [0, 0.1) is 5.41 Å². The number of alkyl halides is 6. The Morgan fingerprint density at radius 1 is 0.622 bits per heavy atom. The largest absolute Gasteiger partial charge is 0.534 e. The normalized spacial score (nSPS) is 13.0. The van der Waals surface area contributed by atoms with Gasteiger partial charge in [0.15, 0.2) is 0 Å². The highest BCUT2D eigenvalue weighted by Crippen LogP contribution is 2.30. The molecular weight excluding hydrogens is 562 g/mol. The Morgan fingerprint density at radius 3 is 1.14 bits per heavy atom. The molecule has 0 atom stereocenters. The minimum absolute atomic E-state index is 0.0324. The second-order valence-electron chi connectivity index (χ2n) is 7.55. The molecule has 0 spiro atoms. The van der Waals surface area contributed by atoms with Gasteiger partial charge in [0.25, 0.3) is 0 Å². The second-order valence-corrected chi connectivity index (χ2v) is 10.6. The Bertz CT molecular complexity index is 1260. The monoisotopic (exact) mass is 578 g/mol. The van der Waals surface area contributed by atoms with Crippen LogP contribution in [0.25, 0.3) is 0 Å². The molecule has 2 amide bonds. The fourth-order valence-electron chi connectivity index (χ4n) is 2.21. The lowest BCUT2D eigenvalue weighted by molar-refractivity contribution is -0.135. The zero-order chi connectivity index (χ0) is 28.4. The summed E-state index contributed by atoms with van der Waals surface area (Å²) in [5.41, 5.74) is -13.1. The average Bonchev–Trinajstić information content (AvgIpc) is 2.74. The minimum Gasteiger partial charge on any atom is -0.376 e. The molecule has 18 heteroatoms. The van der Waals surface area contributed by atoms with E-state index in [1.165, 1.54) is 13.8 Å². The summed E-state index contributed by atoms with van der Waals surface area (Å²) in [4.78, 5) is 25.1. The van der Waals surface area contributed by atoms with E-state index >= 15 is 0 Å². The van der Waals surface area contributed by atoms with Crippen LogP contribution in [0.3, 0.4) is 0 Å². The summed E-state index contributed by atoms with van der Waals surface area (Å²) in [6, 6.07) is 7.37. The molecule has 37 heavy (non-hydrogen) atoms. The van der Waals surface area contributed by atoms with Crippen molar-refractivity contribution in [1.82, 2.24) is 0 Å². The number of halogens is 6. The topological polar surface area (TPSA) is 145 Å². The zero-order valence-electron chi connectivity index (χ0n) is 18.5. The lowest BCUT2D eigenvalue weighted by Gasteiger charge is -2.23. The Hall–Kier alpha value is -3.54. The molecule has 0 heterocycles. The maximum absolute atomic E-state index is 12.6. The average molecular weight is 578 g/mol. The van der Waals surface area contributed by atoms with Crippen LogP contribution in [0.4, 0.5) is 37.7 Å². The molecule has 2 aromatic carbocycles. The van der Waals surface area contributed by atoms with Gasteiger partial charge in [-0.2, -0.15) is 43.2 Å². The minimum atomic E-state index is -5.90. The predicted octanol–water partition coefficient (Wildman–Crippen LogP) is 3.75. The molecule has 0 saturated heterocycles. The van der Waals surface area contributed by atoms with E-state index in [4.69, 9.17) is 0 Å². The smallest absolute Gasteiger partial charge is 0.376 e. The zero-order valence-corrected chi connectivity index (χ0v) is 20.1. The van der Waals surface area contributed by atoms with Crippen molar-refractivity contribution in [3.8, 4) is 11.5 Å². The lowest BCUT2D eigenvalue weighted by Crippen LogP contribution is -2.41. The van der Waals surface area contributed by atoms with Crippen LogP contribution in [0.2, 0.25) is 0 Å². The van der Waals surface area contributed by atoms with E-state index in [1.807, 2.05) is 0 Å². The van der Waals surface area contributed by atoms with Crippen LogP contribution in [0.1, 0.15) is 13.8 Å². The summed E-state index contributed by atoms with van der Waals surface area (Å²) in [5, 5.41) is 4.60. The third-order valence-electron chi connectivity index (χ3n) is 4.34. The summed E-state index contributed by atoms with van der Waals surface area (Å²) in [6.07, 6.45) is 0. The molecule has 0 unspecified atom stereocenters. The lowest BCUT2D eigenvalue weighted by atomic mass is 9.90. The van der Waals surface area contributed by atoms with Gasteiger partial charge in [0.1, 0.15) is 16.9 Å². The van der Waals surface area contributed by atoms with Crippen molar-refractivity contribution in [3.63, 3.8) is 0 Å². The standard InChI is InChI=1S/C19H16F6N2O8S2/c1-17(2,15(28)26-11-3-7-13(8-4-11)34-36(30,31)18(20,21)22)16(29)27-12-5-9-14(10-6-12)35-37(32,33)19(23,24)25/h3-10H,1-2H3,(H,26,28)(H,27,29). The molecule has 0 radical (unpaired) electrons. The van der Waals surface area contributed by atoms with Gasteiger partial charge >= 0.3 is 31.3 Å². The molecule has 0 fully saturated rings. The van der Waals surface area contributed by atoms with Crippen LogP contribution in [0.15, 0.2) is 48.5 Å². The second kappa shape index (κ2) is 10.1. The van der Waals surface area contributed by atoms with Crippen molar-refractivity contribution < 1.29 is 61.1 Å². The molecule has 2 N–H and O–H groups in total. The first kappa shape index (κ1) is 29.7. The first-order valence-electron chi connectivity index (χ1n) is 9.50. The van der Waals surface area contributed by atoms with E-state index in [0.29, 0.717) is 0 Å². The molecular formula is C19H16F6N2O8S2. The van der Waals surface area contributed by atoms with E-state index in [1.54, 1.807) is 0 Å². The van der Waals surface area contributed by atoms with Crippen LogP contribution in [0.5, 0.6) is 11.5 Å². The van der Waals surface area contributed by atoms with Gasteiger partial charge in [0.05, 0.1) is 0 Å². The predicted molar refractivity (Wildman–Crippen MR) is 115 cm³/mol. The third-order valence-corrected chi connectivity index (χ3v) is 6.30. The molecule has 0 aliphatic carbocycles. The third kappa shape index (κ3) is 7.25. The van der Waals surface area contributed by atoms with Crippen molar-refractivity contribution in [2.75, 3.05) is 10.6 Å². The van der Waals surface area contributed by atoms with Crippen molar-refractivity contribution in [1.29, 1.82) is 0 Å². The van der Waals surface area contributed by atoms with Crippen molar-refractivity contribution in [2.45, 2.75) is 24.9 Å². The van der Waals surface area contributed by atoms with Crippen LogP contribution < -0.4 is 19.0 Å². The van der Waals surface area contributed by atoms with Crippen molar-refractivity contribution in [3.05, 3.63) is 48.5 Å². The molecule has 2 aromatic rings. The van der Waals surface area contributed by atoms with E-state index in [-0.39, 0.29) is 11.4 Å². The number of carbonyl (C=O) groups excluding carboxylic acids is 2. The summed E-state index contributed by atoms with van der Waals surface area (Å²) >= 11 is 0. The van der Waals surface area contributed by atoms with Crippen molar-refractivity contribution in [2.24, 2.45) is 5.41 Å². The molecule has 204 valence electrons. The number of amides is 2. The maximum Gasteiger partial charge on any atom is 0.534 e. The van der Waals surface area contributed by atoms with E-state index in [0.717, 1.165) is 48.5 Å². The number of hydrogen-bond donors (Lipinski definition) is 2. The molecule has 0 aliphatic heterocycles. The van der Waals surface area contributed by atoms with Gasteiger partial charge in [0.2, 0.25) is 11.8 Å². The molecule has 2 rings (SSSR count). The summed E-state index contributed by atoms with van der Waals surface area (Å²) in [7, 11) is -11.8. The number of nitrogens with one attached hydrogen (secondary N) is 2. The van der Waals surface area contributed by atoms with Crippen molar-refractivity contribution >= 4 is 43.4 Å². The Morgan fingerprint density at radius 2 is 0.892 bits per heavy atom. The van der Waals surface area contributed by atoms with Gasteiger partial charge in [-0.15, -0.1) is 0 Å². The molecule has 10 nitrogen and oxygen atoms in total. The Labute approximate surface area is 205 Å². The van der Waals surface area contributed by atoms with E-state index < -0.39 is 60.0 Å². The molecule has 0 saturated carbocycles. The quantitative estimate of drug-likeness (QED) is 0.209. The van der Waals surface area contributed by atoms with Gasteiger partial charge in [-0.05, 0) is 62.4 Å². The van der Waals surface area contributed by atoms with Crippen LogP contribution in [-0.2, 0) is 29.8 Å². The molecule has 0 bridgehead atoms. The van der Waals surface area contributed by atoms with E-state index in [2.05, 4.69) is 19.0 Å². The fourth-order valence-corrected chi connectivity index (χ4v) is 3.13. The Kier molecular flexibility index (Phi) is 8.09. The van der Waals surface area contributed by atoms with Gasteiger partial charge in [-0.3, -0.25) is 9.59 Å². The van der Waals surface area contributed by atoms with Crippen LogP contribution >= 0.6 is 0 Å². The highest BCUT2D eigenvalue weighted by atomic mass is 32.2. The number of anilines is 2. The highest BCUT2D eigenvalue weighted by Gasteiger charge is 2.49. The van der Waals surface area contributed by atoms with Crippen LogP contribution in [-0.4, -0.2) is 39.7 Å². The molecule has 0 aliphatic rings. The summed E-state index contributed by atoms with van der Waals surface area (Å²) in [6.45, 7) is 2.39. The van der Waals surface area contributed by atoms with Gasteiger partial charge in [-0.1, -0.05) is 0 Å².